The molecule has 1 aromatic heterocycles. The molecule has 0 bridgehead atoms. The van der Waals surface area contributed by atoms with Crippen LogP contribution in [0.25, 0.3) is 0 Å². The minimum absolute atomic E-state index is 0.332. The van der Waals surface area contributed by atoms with E-state index in [2.05, 4.69) is 59.6 Å². The molecule has 2 aromatic carbocycles. The van der Waals surface area contributed by atoms with Crippen LogP contribution in [0.3, 0.4) is 0 Å². The number of aromatic nitrogens is 1. The Morgan fingerprint density at radius 1 is 0.810 bits per heavy atom. The van der Waals surface area contributed by atoms with Gasteiger partial charge >= 0.3 is 0 Å². The van der Waals surface area contributed by atoms with E-state index in [0.717, 1.165) is 11.5 Å². The number of hydrogen-bond acceptors (Lipinski definition) is 2. The van der Waals surface area contributed by atoms with Crippen LogP contribution in [0.2, 0.25) is 6.82 Å². The van der Waals surface area contributed by atoms with Gasteiger partial charge in [0, 0.05) is 11.9 Å². The maximum Gasteiger partial charge on any atom is 0.208 e. The van der Waals surface area contributed by atoms with Crippen LogP contribution in [-0.2, 0) is 0 Å². The molecule has 0 amide bonds. The molecule has 0 saturated carbocycles. The zero-order chi connectivity index (χ0) is 14.5. The molecule has 0 radical (unpaired) electrons. The van der Waals surface area contributed by atoms with Crippen LogP contribution in [0.1, 0.15) is 0 Å². The van der Waals surface area contributed by atoms with Crippen LogP contribution in [-0.4, -0.2) is 11.7 Å². The van der Waals surface area contributed by atoms with Gasteiger partial charge < -0.3 is 5.32 Å². The lowest BCUT2D eigenvalue weighted by molar-refractivity contribution is 1.31. The molecule has 0 aliphatic carbocycles. The summed E-state index contributed by atoms with van der Waals surface area (Å²) in [5.74, 6) is 0.866. The third-order valence-electron chi connectivity index (χ3n) is 3.65. The van der Waals surface area contributed by atoms with E-state index in [1.807, 2.05) is 30.3 Å². The topological polar surface area (TPSA) is 24.9 Å². The third-order valence-corrected chi connectivity index (χ3v) is 3.65. The second-order valence-electron chi connectivity index (χ2n) is 5.06. The molecule has 0 spiro atoms. The van der Waals surface area contributed by atoms with Crippen molar-refractivity contribution in [1.82, 2.24) is 4.98 Å². The smallest absolute Gasteiger partial charge is 0.208 e. The van der Waals surface area contributed by atoms with Crippen LogP contribution < -0.4 is 16.2 Å². The first-order valence-electron chi connectivity index (χ1n) is 7.16. The monoisotopic (exact) mass is 272 g/mol. The van der Waals surface area contributed by atoms with E-state index in [0.29, 0.717) is 6.71 Å². The summed E-state index contributed by atoms with van der Waals surface area (Å²) in [5, 5.41) is 3.41. The average molecular weight is 272 g/mol. The second-order valence-corrected chi connectivity index (χ2v) is 5.06. The van der Waals surface area contributed by atoms with Crippen molar-refractivity contribution in [2.75, 3.05) is 5.32 Å². The average Bonchev–Trinajstić information content (AvgIpc) is 2.56. The number of nitrogens with zero attached hydrogens (tertiary/aromatic N) is 1. The fraction of sp³-hybridized carbons (Fsp3) is 0.0556. The highest BCUT2D eigenvalue weighted by Gasteiger charge is 2.16. The van der Waals surface area contributed by atoms with Crippen LogP contribution in [0.15, 0.2) is 79.0 Å². The molecule has 0 unspecified atom stereocenters. The predicted molar refractivity (Wildman–Crippen MR) is 91.3 cm³/mol. The largest absolute Gasteiger partial charge is 0.341 e. The van der Waals surface area contributed by atoms with Gasteiger partial charge in [-0.2, -0.15) is 0 Å². The van der Waals surface area contributed by atoms with Gasteiger partial charge in [-0.3, -0.25) is 0 Å². The van der Waals surface area contributed by atoms with E-state index < -0.39 is 0 Å². The van der Waals surface area contributed by atoms with Gasteiger partial charge in [-0.15, -0.1) is 0 Å². The van der Waals surface area contributed by atoms with Crippen molar-refractivity contribution in [3.8, 4) is 0 Å². The normalized spacial score (nSPS) is 10.1. The highest BCUT2D eigenvalue weighted by Crippen LogP contribution is 2.12. The molecule has 0 atom stereocenters. The van der Waals surface area contributed by atoms with Crippen molar-refractivity contribution in [2.24, 2.45) is 0 Å². The summed E-state index contributed by atoms with van der Waals surface area (Å²) in [6, 6.07) is 24.8. The number of benzene rings is 2. The Balaban J connectivity index is 1.93. The summed E-state index contributed by atoms with van der Waals surface area (Å²) in [5.41, 5.74) is 3.69. The van der Waals surface area contributed by atoms with Gasteiger partial charge in [0.05, 0.1) is 0 Å². The fourth-order valence-corrected chi connectivity index (χ4v) is 2.48. The van der Waals surface area contributed by atoms with Gasteiger partial charge in [-0.25, -0.2) is 4.98 Å². The van der Waals surface area contributed by atoms with E-state index in [1.165, 1.54) is 10.9 Å². The summed E-state index contributed by atoms with van der Waals surface area (Å²) in [6.45, 7) is 2.56. The lowest BCUT2D eigenvalue weighted by Gasteiger charge is -2.15. The van der Waals surface area contributed by atoms with E-state index in [4.69, 9.17) is 0 Å². The van der Waals surface area contributed by atoms with Crippen molar-refractivity contribution in [3.05, 3.63) is 79.0 Å². The van der Waals surface area contributed by atoms with Crippen molar-refractivity contribution < 1.29 is 0 Å². The van der Waals surface area contributed by atoms with Gasteiger partial charge in [0.15, 0.2) is 0 Å². The number of para-hydroxylation sites is 1. The van der Waals surface area contributed by atoms with E-state index in [9.17, 15) is 0 Å². The Labute approximate surface area is 126 Å². The first-order chi connectivity index (χ1) is 10.3. The fourth-order valence-electron chi connectivity index (χ4n) is 2.48. The molecule has 3 heteroatoms. The predicted octanol–water partition coefficient (Wildman–Crippen LogP) is 3.06. The molecule has 0 aliphatic rings. The lowest BCUT2D eigenvalue weighted by Crippen LogP contribution is -2.40. The number of hydrogen-bond donors (Lipinski definition) is 1. The number of nitrogens with one attached hydrogen (secondary N) is 1. The minimum Gasteiger partial charge on any atom is -0.341 e. The Morgan fingerprint density at radius 3 is 2.29 bits per heavy atom. The summed E-state index contributed by atoms with van der Waals surface area (Å²) >= 11 is 0. The van der Waals surface area contributed by atoms with Crippen molar-refractivity contribution in [2.45, 2.75) is 6.82 Å². The molecule has 0 aliphatic heterocycles. The maximum absolute atomic E-state index is 4.34. The molecule has 0 saturated heterocycles. The standard InChI is InChI=1S/C18H17BN2/c1-19(15-9-3-2-4-10-15)16-11-5-6-12-17(16)21-18-13-7-8-14-20-18/h2-14H,1H3,(H,20,21). The van der Waals surface area contributed by atoms with Gasteiger partial charge in [-0.05, 0) is 18.2 Å². The Hall–Kier alpha value is -2.55. The van der Waals surface area contributed by atoms with Crippen molar-refractivity contribution in [3.63, 3.8) is 0 Å². The Morgan fingerprint density at radius 2 is 1.52 bits per heavy atom. The molecule has 102 valence electrons. The van der Waals surface area contributed by atoms with E-state index in [-0.39, 0.29) is 0 Å². The van der Waals surface area contributed by atoms with E-state index >= 15 is 0 Å². The molecule has 1 N–H and O–H groups in total. The van der Waals surface area contributed by atoms with Gasteiger partial charge in [0.1, 0.15) is 5.82 Å². The lowest BCUT2D eigenvalue weighted by atomic mass is 9.42. The van der Waals surface area contributed by atoms with Crippen LogP contribution in [0, 0.1) is 0 Å². The summed E-state index contributed by atoms with van der Waals surface area (Å²) in [4.78, 5) is 4.34. The van der Waals surface area contributed by atoms with Crippen molar-refractivity contribution in [1.29, 1.82) is 0 Å². The number of pyridine rings is 1. The maximum atomic E-state index is 4.34. The third kappa shape index (κ3) is 3.14. The number of anilines is 2. The molecule has 3 rings (SSSR count). The Bertz CT molecular complexity index is 699. The van der Waals surface area contributed by atoms with Gasteiger partial charge in [0.2, 0.25) is 6.71 Å². The molecule has 1 heterocycles. The molecular formula is C18H17BN2. The minimum atomic E-state index is 0.332. The van der Waals surface area contributed by atoms with Crippen molar-refractivity contribution >= 4 is 29.1 Å². The molecular weight excluding hydrogens is 255 g/mol. The quantitative estimate of drug-likeness (QED) is 0.738. The molecule has 2 nitrogen and oxygen atoms in total. The van der Waals surface area contributed by atoms with Crippen LogP contribution in [0.4, 0.5) is 11.5 Å². The van der Waals surface area contributed by atoms with Crippen LogP contribution in [0.5, 0.6) is 0 Å². The molecule has 0 fully saturated rings. The SMILES string of the molecule is CB(c1ccccc1)c1ccccc1Nc1ccccn1. The zero-order valence-corrected chi connectivity index (χ0v) is 12.0. The first kappa shape index (κ1) is 13.4. The molecule has 3 aromatic rings. The van der Waals surface area contributed by atoms with Gasteiger partial charge in [0.25, 0.3) is 0 Å². The zero-order valence-electron chi connectivity index (χ0n) is 12.0. The molecule has 21 heavy (non-hydrogen) atoms. The summed E-state index contributed by atoms with van der Waals surface area (Å²) < 4.78 is 0. The van der Waals surface area contributed by atoms with Crippen LogP contribution >= 0.6 is 0 Å². The summed E-state index contributed by atoms with van der Waals surface area (Å²) in [6.07, 6.45) is 1.80. The second kappa shape index (κ2) is 6.27. The highest BCUT2D eigenvalue weighted by molar-refractivity contribution is 6.85. The van der Waals surface area contributed by atoms with E-state index in [1.54, 1.807) is 6.20 Å². The number of rotatable bonds is 4. The highest BCUT2D eigenvalue weighted by atomic mass is 15.0. The Kier molecular flexibility index (Phi) is 4.01. The van der Waals surface area contributed by atoms with Gasteiger partial charge in [-0.1, -0.05) is 72.3 Å². The first-order valence-corrected chi connectivity index (χ1v) is 7.16. The summed E-state index contributed by atoms with van der Waals surface area (Å²) in [7, 11) is 0.